The van der Waals surface area contributed by atoms with Crippen LogP contribution in [0, 0.1) is 0 Å². The fraction of sp³-hybridized carbons (Fsp3) is 0.545. The molecule has 0 fully saturated rings. The molecule has 0 aliphatic rings. The van der Waals surface area contributed by atoms with Gasteiger partial charge in [0.15, 0.2) is 6.10 Å². The first-order valence-corrected chi connectivity index (χ1v) is 5.98. The molecule has 1 unspecified atom stereocenters. The summed E-state index contributed by atoms with van der Waals surface area (Å²) in [6.07, 6.45) is 5.42. The molecular weight excluding hydrogens is 252 g/mol. The summed E-state index contributed by atoms with van der Waals surface area (Å²) in [6, 6.07) is -0.483. The van der Waals surface area contributed by atoms with Gasteiger partial charge in [-0.15, -0.1) is 0 Å². The van der Waals surface area contributed by atoms with Crippen LogP contribution in [0.1, 0.15) is 12.8 Å². The smallest absolute Gasteiger partial charge is 0.334 e. The first-order valence-electron chi connectivity index (χ1n) is 5.98. The molecule has 1 heterocycles. The summed E-state index contributed by atoms with van der Waals surface area (Å²) in [5.41, 5.74) is 0. The molecule has 19 heavy (non-hydrogen) atoms. The van der Waals surface area contributed by atoms with Crippen molar-refractivity contribution >= 4 is 12.0 Å². The third-order valence-electron chi connectivity index (χ3n) is 2.43. The van der Waals surface area contributed by atoms with Crippen molar-refractivity contribution in [1.82, 2.24) is 20.2 Å². The van der Waals surface area contributed by atoms with Crippen LogP contribution >= 0.6 is 0 Å². The number of aliphatic hydroxyl groups is 1. The van der Waals surface area contributed by atoms with E-state index in [2.05, 4.69) is 15.6 Å². The van der Waals surface area contributed by atoms with Gasteiger partial charge < -0.3 is 25.4 Å². The van der Waals surface area contributed by atoms with Gasteiger partial charge >= 0.3 is 12.0 Å². The molecule has 1 atom stereocenters. The van der Waals surface area contributed by atoms with Gasteiger partial charge in [-0.05, 0) is 12.8 Å². The maximum Gasteiger partial charge on any atom is 0.334 e. The predicted octanol–water partition coefficient (Wildman–Crippen LogP) is -0.592. The number of carboxylic acid groups (broad SMARTS) is 1. The van der Waals surface area contributed by atoms with Crippen molar-refractivity contribution in [3.8, 4) is 0 Å². The number of amides is 2. The molecule has 1 aromatic heterocycles. The summed E-state index contributed by atoms with van der Waals surface area (Å²) in [7, 11) is 0. The molecule has 8 nitrogen and oxygen atoms in total. The van der Waals surface area contributed by atoms with Crippen LogP contribution < -0.4 is 10.6 Å². The van der Waals surface area contributed by atoms with Crippen LogP contribution in [0.25, 0.3) is 0 Å². The number of hydrogen-bond donors (Lipinski definition) is 4. The number of carboxylic acids is 1. The van der Waals surface area contributed by atoms with E-state index < -0.39 is 18.1 Å². The topological polar surface area (TPSA) is 116 Å². The maximum atomic E-state index is 11.2. The highest BCUT2D eigenvalue weighted by Crippen LogP contribution is 1.93. The van der Waals surface area contributed by atoms with Crippen LogP contribution in [-0.2, 0) is 11.3 Å². The number of nitrogens with one attached hydrogen (secondary N) is 2. The van der Waals surface area contributed by atoms with Gasteiger partial charge in [-0.25, -0.2) is 14.6 Å². The molecule has 2 amide bonds. The van der Waals surface area contributed by atoms with Crippen molar-refractivity contribution in [3.05, 3.63) is 18.7 Å². The van der Waals surface area contributed by atoms with Gasteiger partial charge in [0.05, 0.1) is 12.9 Å². The highest BCUT2D eigenvalue weighted by atomic mass is 16.4. The Bertz CT molecular complexity index is 393. The molecule has 0 spiro atoms. The number of imidazole rings is 1. The zero-order valence-corrected chi connectivity index (χ0v) is 10.5. The first-order chi connectivity index (χ1) is 9.09. The zero-order valence-electron chi connectivity index (χ0n) is 10.5. The normalized spacial score (nSPS) is 11.8. The second-order valence-corrected chi connectivity index (χ2v) is 4.00. The average Bonchev–Trinajstić information content (AvgIpc) is 2.88. The van der Waals surface area contributed by atoms with E-state index in [0.717, 1.165) is 19.4 Å². The number of unbranched alkanes of at least 4 members (excludes halogenated alkanes) is 1. The van der Waals surface area contributed by atoms with Crippen LogP contribution in [0.15, 0.2) is 18.7 Å². The standard InChI is InChI=1S/C11H18N4O4/c16-9(10(17)18)7-14-11(19)13-3-1-2-5-15-6-4-12-8-15/h4,6,8-9,16H,1-3,5,7H2,(H,17,18)(H2,13,14,19). The van der Waals surface area contributed by atoms with Gasteiger partial charge in [0.1, 0.15) is 0 Å². The van der Waals surface area contributed by atoms with Crippen molar-refractivity contribution in [1.29, 1.82) is 0 Å². The number of nitrogens with zero attached hydrogens (tertiary/aromatic N) is 2. The summed E-state index contributed by atoms with van der Waals surface area (Å²) in [6.45, 7) is 1.01. The first kappa shape index (κ1) is 15.0. The van der Waals surface area contributed by atoms with Crippen molar-refractivity contribution in [3.63, 3.8) is 0 Å². The van der Waals surface area contributed by atoms with Crippen LogP contribution in [0.2, 0.25) is 0 Å². The summed E-state index contributed by atoms with van der Waals surface area (Å²) in [4.78, 5) is 25.4. The lowest BCUT2D eigenvalue weighted by Crippen LogP contribution is -2.42. The minimum absolute atomic E-state index is 0.309. The molecule has 0 radical (unpaired) electrons. The monoisotopic (exact) mass is 270 g/mol. The van der Waals surface area contributed by atoms with E-state index >= 15 is 0 Å². The van der Waals surface area contributed by atoms with Crippen molar-refractivity contribution in [2.24, 2.45) is 0 Å². The molecule has 8 heteroatoms. The number of aromatic nitrogens is 2. The van der Waals surface area contributed by atoms with E-state index in [-0.39, 0.29) is 6.54 Å². The molecule has 4 N–H and O–H groups in total. The van der Waals surface area contributed by atoms with Gasteiger partial charge in [-0.3, -0.25) is 0 Å². The molecule has 0 saturated heterocycles. The lowest BCUT2D eigenvalue weighted by molar-refractivity contribution is -0.146. The van der Waals surface area contributed by atoms with E-state index in [0.29, 0.717) is 6.54 Å². The lowest BCUT2D eigenvalue weighted by Gasteiger charge is -2.09. The number of aliphatic hydroxyl groups excluding tert-OH is 1. The Morgan fingerprint density at radius 1 is 1.32 bits per heavy atom. The summed E-state index contributed by atoms with van der Waals surface area (Å²) < 4.78 is 1.95. The molecule has 0 aromatic carbocycles. The summed E-state index contributed by atoms with van der Waals surface area (Å²) in [5, 5.41) is 22.2. The minimum Gasteiger partial charge on any atom is -0.479 e. The number of aliphatic carboxylic acids is 1. The number of urea groups is 1. The molecule has 0 aliphatic carbocycles. The van der Waals surface area contributed by atoms with Crippen LogP contribution in [0.4, 0.5) is 4.79 Å². The van der Waals surface area contributed by atoms with Crippen molar-refractivity contribution in [2.45, 2.75) is 25.5 Å². The third-order valence-corrected chi connectivity index (χ3v) is 2.43. The summed E-state index contributed by atoms with van der Waals surface area (Å²) >= 11 is 0. The third kappa shape index (κ3) is 6.41. The lowest BCUT2D eigenvalue weighted by atomic mass is 10.3. The van der Waals surface area contributed by atoms with Crippen molar-refractivity contribution in [2.75, 3.05) is 13.1 Å². The molecule has 106 valence electrons. The Labute approximate surface area is 110 Å². The van der Waals surface area contributed by atoms with Crippen molar-refractivity contribution < 1.29 is 19.8 Å². The second kappa shape index (κ2) is 8.09. The molecule has 0 aliphatic heterocycles. The largest absolute Gasteiger partial charge is 0.479 e. The second-order valence-electron chi connectivity index (χ2n) is 4.00. The molecule has 0 bridgehead atoms. The van der Waals surface area contributed by atoms with Gasteiger partial charge in [0.25, 0.3) is 0 Å². The van der Waals surface area contributed by atoms with Gasteiger partial charge in [-0.2, -0.15) is 0 Å². The Hall–Kier alpha value is -2.09. The fourth-order valence-electron chi connectivity index (χ4n) is 1.38. The van der Waals surface area contributed by atoms with E-state index in [1.54, 1.807) is 12.5 Å². The molecule has 0 saturated carbocycles. The van der Waals surface area contributed by atoms with E-state index in [1.807, 2.05) is 10.8 Å². The molecular formula is C11H18N4O4. The van der Waals surface area contributed by atoms with Crippen LogP contribution in [-0.4, -0.2) is 51.0 Å². The average molecular weight is 270 g/mol. The Morgan fingerprint density at radius 3 is 2.74 bits per heavy atom. The van der Waals surface area contributed by atoms with Crippen LogP contribution in [0.3, 0.4) is 0 Å². The number of aryl methyl sites for hydroxylation is 1. The fourth-order valence-corrected chi connectivity index (χ4v) is 1.38. The number of carbonyl (C=O) groups excluding carboxylic acids is 1. The Kier molecular flexibility index (Phi) is 6.37. The predicted molar refractivity (Wildman–Crippen MR) is 66.5 cm³/mol. The van der Waals surface area contributed by atoms with E-state index in [4.69, 9.17) is 10.2 Å². The zero-order chi connectivity index (χ0) is 14.1. The Balaban J connectivity index is 1.99. The molecule has 1 aromatic rings. The highest BCUT2D eigenvalue weighted by molar-refractivity contribution is 5.76. The van der Waals surface area contributed by atoms with Gasteiger partial charge in [0, 0.05) is 25.5 Å². The van der Waals surface area contributed by atoms with E-state index in [1.165, 1.54) is 0 Å². The SMILES string of the molecule is O=C(NCCCCn1ccnc1)NCC(O)C(=O)O. The summed E-state index contributed by atoms with van der Waals surface area (Å²) in [5.74, 6) is -1.36. The number of rotatable bonds is 8. The quantitative estimate of drug-likeness (QED) is 0.471. The number of carbonyl (C=O) groups is 2. The molecule has 1 rings (SSSR count). The minimum atomic E-state index is -1.58. The van der Waals surface area contributed by atoms with Gasteiger partial charge in [-0.1, -0.05) is 0 Å². The van der Waals surface area contributed by atoms with Crippen LogP contribution in [0.5, 0.6) is 0 Å². The maximum absolute atomic E-state index is 11.2. The van der Waals surface area contributed by atoms with Gasteiger partial charge in [0.2, 0.25) is 0 Å². The van der Waals surface area contributed by atoms with E-state index in [9.17, 15) is 9.59 Å². The number of hydrogen-bond acceptors (Lipinski definition) is 4. The Morgan fingerprint density at radius 2 is 2.11 bits per heavy atom. The highest BCUT2D eigenvalue weighted by Gasteiger charge is 2.13.